The fraction of sp³-hybridized carbons (Fsp3) is 0.286. The molecule has 0 unspecified atom stereocenters. The molecule has 150 valence electrons. The molecule has 1 aromatic rings. The SMILES string of the molecule is CN1CC=C(C2=Cc3cc(C4=NCCS4)ccc3S23OC(=O)C=CC(=O)O3)CC1. The monoisotopic (exact) mass is 428 g/mol. The van der Waals surface area contributed by atoms with E-state index in [1.807, 2.05) is 18.2 Å². The summed E-state index contributed by atoms with van der Waals surface area (Å²) >= 11 is 1.74. The third-order valence-electron chi connectivity index (χ3n) is 5.19. The first-order chi connectivity index (χ1) is 14.0. The van der Waals surface area contributed by atoms with E-state index in [1.165, 1.54) is 0 Å². The fourth-order valence-corrected chi connectivity index (χ4v) is 7.31. The van der Waals surface area contributed by atoms with Gasteiger partial charge in [-0.05, 0) is 37.3 Å². The number of hydrogen-bond donors (Lipinski definition) is 0. The molecule has 0 amide bonds. The number of thioether (sulfide) groups is 1. The summed E-state index contributed by atoms with van der Waals surface area (Å²) in [4.78, 5) is 33.1. The highest BCUT2D eigenvalue weighted by atomic mass is 32.3. The molecule has 0 aliphatic carbocycles. The highest BCUT2D eigenvalue weighted by molar-refractivity contribution is 8.30. The Hall–Kier alpha value is -2.29. The molecule has 4 heterocycles. The van der Waals surface area contributed by atoms with Crippen molar-refractivity contribution in [2.45, 2.75) is 11.3 Å². The van der Waals surface area contributed by atoms with Gasteiger partial charge in [0.25, 0.3) is 0 Å². The van der Waals surface area contributed by atoms with Crippen LogP contribution in [0.2, 0.25) is 0 Å². The molecule has 0 radical (unpaired) electrons. The Kier molecular flexibility index (Phi) is 4.64. The van der Waals surface area contributed by atoms with E-state index in [1.54, 1.807) is 11.8 Å². The van der Waals surface area contributed by atoms with Gasteiger partial charge in [-0.25, -0.2) is 9.59 Å². The van der Waals surface area contributed by atoms with Gasteiger partial charge in [-0.2, -0.15) is 0 Å². The zero-order valence-corrected chi connectivity index (χ0v) is 17.6. The van der Waals surface area contributed by atoms with E-state index in [-0.39, 0.29) is 0 Å². The lowest BCUT2D eigenvalue weighted by atomic mass is 10.1. The Morgan fingerprint density at radius 3 is 2.62 bits per heavy atom. The third-order valence-corrected chi connectivity index (χ3v) is 8.92. The second-order valence-electron chi connectivity index (χ2n) is 7.18. The summed E-state index contributed by atoms with van der Waals surface area (Å²) in [7, 11) is -0.624. The van der Waals surface area contributed by atoms with Gasteiger partial charge in [-0.1, -0.05) is 22.7 Å². The molecule has 0 aromatic heterocycles. The number of rotatable bonds is 2. The summed E-state index contributed by atoms with van der Waals surface area (Å²) in [6, 6.07) is 5.96. The number of benzene rings is 1. The average Bonchev–Trinajstić information content (AvgIpc) is 3.31. The molecule has 1 spiro atoms. The standard InChI is InChI=1S/C21H20N2O4S2/c1-23-9-6-14(7-10-23)18-13-16-12-15(21-22-8-11-28-21)2-3-17(16)29(18)26-19(24)4-5-20(25)27-29/h2-6,12-13H,7-11H2,1H3. The maximum Gasteiger partial charge on any atom is 0.354 e. The van der Waals surface area contributed by atoms with Crippen LogP contribution in [0.1, 0.15) is 17.5 Å². The van der Waals surface area contributed by atoms with Crippen molar-refractivity contribution in [2.75, 3.05) is 32.4 Å². The lowest BCUT2D eigenvalue weighted by molar-refractivity contribution is -0.129. The quantitative estimate of drug-likeness (QED) is 0.719. The molecule has 0 bridgehead atoms. The van der Waals surface area contributed by atoms with Gasteiger partial charge < -0.3 is 13.3 Å². The Bertz CT molecular complexity index is 1020. The molecule has 0 N–H and O–H groups in total. The molecule has 0 atom stereocenters. The number of fused-ring (bicyclic) bond motifs is 2. The highest BCUT2D eigenvalue weighted by Gasteiger charge is 2.43. The normalized spacial score (nSPS) is 24.2. The van der Waals surface area contributed by atoms with E-state index in [9.17, 15) is 9.59 Å². The first-order valence-electron chi connectivity index (χ1n) is 9.45. The summed E-state index contributed by atoms with van der Waals surface area (Å²) in [6.07, 6.45) is 7.25. The summed E-state index contributed by atoms with van der Waals surface area (Å²) in [5.41, 5.74) is 3.04. The van der Waals surface area contributed by atoms with E-state index < -0.39 is 22.5 Å². The van der Waals surface area contributed by atoms with Crippen LogP contribution in [-0.2, 0) is 18.0 Å². The topological polar surface area (TPSA) is 68.2 Å². The number of hydrogen-bond acceptors (Lipinski definition) is 7. The number of carbonyl (C=O) groups excluding carboxylic acids is 2. The molecule has 4 aliphatic rings. The van der Waals surface area contributed by atoms with Gasteiger partial charge in [0, 0.05) is 48.7 Å². The van der Waals surface area contributed by atoms with Crippen molar-refractivity contribution in [1.82, 2.24) is 4.90 Å². The van der Waals surface area contributed by atoms with E-state index in [0.717, 1.165) is 75.5 Å². The summed E-state index contributed by atoms with van der Waals surface area (Å²) < 4.78 is 11.7. The largest absolute Gasteiger partial charge is 0.354 e. The molecule has 6 nitrogen and oxygen atoms in total. The van der Waals surface area contributed by atoms with Crippen LogP contribution in [0.3, 0.4) is 0 Å². The summed E-state index contributed by atoms with van der Waals surface area (Å²) in [5.74, 6) is -0.125. The van der Waals surface area contributed by atoms with Crippen molar-refractivity contribution in [3.8, 4) is 0 Å². The zero-order chi connectivity index (χ0) is 20.0. The summed E-state index contributed by atoms with van der Waals surface area (Å²) in [5, 5.41) is 1.02. The molecule has 1 aromatic carbocycles. The van der Waals surface area contributed by atoms with Gasteiger partial charge in [0.2, 0.25) is 0 Å². The van der Waals surface area contributed by atoms with Gasteiger partial charge in [0.05, 0.1) is 14.8 Å². The molecular formula is C21H20N2O4S2. The molecule has 0 fully saturated rings. The number of carbonyl (C=O) groups is 2. The molecule has 8 heteroatoms. The first-order valence-corrected chi connectivity index (χ1v) is 11.9. The smallest absolute Gasteiger partial charge is 0.331 e. The van der Waals surface area contributed by atoms with Crippen LogP contribution < -0.4 is 0 Å². The second-order valence-corrected chi connectivity index (χ2v) is 10.5. The molecule has 5 rings (SSSR count). The third kappa shape index (κ3) is 3.25. The van der Waals surface area contributed by atoms with Crippen molar-refractivity contribution in [3.63, 3.8) is 0 Å². The van der Waals surface area contributed by atoms with Gasteiger partial charge in [0.1, 0.15) is 0 Å². The van der Waals surface area contributed by atoms with Gasteiger partial charge >= 0.3 is 11.9 Å². The van der Waals surface area contributed by atoms with Crippen molar-refractivity contribution >= 4 is 45.4 Å². The number of aliphatic imine (C=N–C) groups is 1. The van der Waals surface area contributed by atoms with Crippen LogP contribution in [0.15, 0.2) is 56.8 Å². The van der Waals surface area contributed by atoms with Crippen molar-refractivity contribution in [3.05, 3.63) is 58.0 Å². The molecule has 4 aliphatic heterocycles. The van der Waals surface area contributed by atoms with Gasteiger partial charge in [-0.3, -0.25) is 4.99 Å². The molecule has 0 saturated heterocycles. The average molecular weight is 429 g/mol. The number of nitrogens with zero attached hydrogens (tertiary/aromatic N) is 2. The number of allylic oxidation sites excluding steroid dienone is 1. The highest BCUT2D eigenvalue weighted by Crippen LogP contribution is 2.71. The summed E-state index contributed by atoms with van der Waals surface area (Å²) in [6.45, 7) is 2.53. The van der Waals surface area contributed by atoms with Crippen molar-refractivity contribution in [2.24, 2.45) is 4.99 Å². The minimum absolute atomic E-state index is 0.557. The Morgan fingerprint density at radius 2 is 1.97 bits per heavy atom. The van der Waals surface area contributed by atoms with Crippen LogP contribution in [0, 0.1) is 0 Å². The van der Waals surface area contributed by atoms with Gasteiger partial charge in [0.15, 0.2) is 0 Å². The Labute approximate surface area is 175 Å². The van der Waals surface area contributed by atoms with Crippen LogP contribution in [0.5, 0.6) is 0 Å². The maximum absolute atomic E-state index is 12.4. The van der Waals surface area contributed by atoms with Crippen LogP contribution in [0.4, 0.5) is 0 Å². The Balaban J connectivity index is 1.65. The Morgan fingerprint density at radius 1 is 1.17 bits per heavy atom. The predicted octanol–water partition coefficient (Wildman–Crippen LogP) is 3.45. The first kappa shape index (κ1) is 18.7. The van der Waals surface area contributed by atoms with E-state index >= 15 is 0 Å². The van der Waals surface area contributed by atoms with Crippen molar-refractivity contribution < 1.29 is 18.0 Å². The zero-order valence-electron chi connectivity index (χ0n) is 15.9. The van der Waals surface area contributed by atoms with Crippen LogP contribution >= 0.6 is 22.4 Å². The van der Waals surface area contributed by atoms with Crippen molar-refractivity contribution in [1.29, 1.82) is 0 Å². The van der Waals surface area contributed by atoms with Gasteiger partial charge in [-0.15, -0.1) is 11.8 Å². The lowest BCUT2D eigenvalue weighted by Crippen LogP contribution is -2.25. The number of likely N-dealkylation sites (N-methyl/N-ethyl adjacent to an activating group) is 1. The molecule has 29 heavy (non-hydrogen) atoms. The van der Waals surface area contributed by atoms with E-state index in [0.29, 0.717) is 0 Å². The molecule has 0 saturated carbocycles. The van der Waals surface area contributed by atoms with Crippen LogP contribution in [-0.4, -0.2) is 54.3 Å². The predicted molar refractivity (Wildman–Crippen MR) is 116 cm³/mol. The second kappa shape index (κ2) is 7.19. The minimum atomic E-state index is -2.69. The van der Waals surface area contributed by atoms with E-state index in [2.05, 4.69) is 29.1 Å². The fourth-order valence-electron chi connectivity index (χ4n) is 3.77. The molecular weight excluding hydrogens is 408 g/mol. The van der Waals surface area contributed by atoms with E-state index in [4.69, 9.17) is 8.37 Å². The lowest BCUT2D eigenvalue weighted by Gasteiger charge is -2.41. The van der Waals surface area contributed by atoms with Crippen LogP contribution in [0.25, 0.3) is 6.08 Å². The minimum Gasteiger partial charge on any atom is -0.331 e. The maximum atomic E-state index is 12.4.